The molecule has 1 saturated heterocycles. The second-order valence-corrected chi connectivity index (χ2v) is 9.24. The van der Waals surface area contributed by atoms with Crippen molar-refractivity contribution in [3.63, 3.8) is 0 Å². The molecule has 2 aliphatic rings. The van der Waals surface area contributed by atoms with Crippen LogP contribution in [0.2, 0.25) is 0 Å². The Bertz CT molecular complexity index is 1140. The van der Waals surface area contributed by atoms with Crippen molar-refractivity contribution < 1.29 is 9.63 Å². The van der Waals surface area contributed by atoms with Gasteiger partial charge in [-0.15, -0.1) is 0 Å². The maximum absolute atomic E-state index is 9.55. The highest BCUT2D eigenvalue weighted by Crippen LogP contribution is 2.51. The zero-order valence-corrected chi connectivity index (χ0v) is 19.2. The molecule has 5 rings (SSSR count). The topological polar surface area (TPSA) is 93.3 Å². The highest BCUT2D eigenvalue weighted by atomic mass is 16.5. The maximum Gasteiger partial charge on any atom is 0.167 e. The molecular weight excluding hydrogens is 414 g/mol. The van der Waals surface area contributed by atoms with Crippen LogP contribution in [0.25, 0.3) is 11.3 Å². The molecule has 3 heterocycles. The van der Waals surface area contributed by atoms with Crippen LogP contribution in [-0.2, 0) is 6.42 Å². The van der Waals surface area contributed by atoms with E-state index in [0.717, 1.165) is 54.5 Å². The number of fused-ring (bicyclic) bond motifs is 1. The Kier molecular flexibility index (Phi) is 6.07. The van der Waals surface area contributed by atoms with E-state index in [2.05, 4.69) is 38.4 Å². The van der Waals surface area contributed by atoms with E-state index in [1.165, 1.54) is 0 Å². The number of β-amino-alcohol motifs (C(OH)–C–C–N with tert-alkyl or cyclic N) is 1. The Morgan fingerprint density at radius 1 is 1.24 bits per heavy atom. The lowest BCUT2D eigenvalue weighted by Crippen LogP contribution is -2.31. The number of aryl methyl sites for hydroxylation is 1. The fourth-order valence-corrected chi connectivity index (χ4v) is 5.10. The van der Waals surface area contributed by atoms with Crippen molar-refractivity contribution in [3.05, 3.63) is 59.8 Å². The molecule has 0 bridgehead atoms. The molecule has 0 radical (unpaired) electrons. The van der Waals surface area contributed by atoms with Crippen LogP contribution in [-0.4, -0.2) is 57.0 Å². The number of nitrogens with zero attached hydrogens (tertiary/aromatic N) is 4. The minimum Gasteiger partial charge on any atom is -0.392 e. The van der Waals surface area contributed by atoms with Gasteiger partial charge in [-0.3, -0.25) is 0 Å². The summed E-state index contributed by atoms with van der Waals surface area (Å²) in [5.41, 5.74) is 8.83. The minimum absolute atomic E-state index is 0.0976. The number of aromatic nitrogens is 3. The van der Waals surface area contributed by atoms with Crippen molar-refractivity contribution in [2.45, 2.75) is 32.4 Å². The standard InChI is InChI=1S/C26H31N5O2/c1-3-26-28-10-11-31(26)24(13-27)23-12-25(33-29-23)19-7-4-18(5-8-19)6-9-20-21-15-30(14-17(2)32)16-22(20)21/h4-5,7-8,10-12,17,20-22,24,32H,3,13-16,27H2,1-2H3. The summed E-state index contributed by atoms with van der Waals surface area (Å²) in [4.78, 5) is 6.75. The maximum atomic E-state index is 9.55. The number of likely N-dealkylation sites (tertiary alicyclic amines) is 1. The van der Waals surface area contributed by atoms with Gasteiger partial charge in [-0.25, -0.2) is 4.98 Å². The molecule has 172 valence electrons. The molecule has 7 nitrogen and oxygen atoms in total. The first-order valence-electron chi connectivity index (χ1n) is 11.8. The Labute approximate surface area is 194 Å². The van der Waals surface area contributed by atoms with E-state index in [9.17, 15) is 5.11 Å². The average Bonchev–Trinajstić information content (AvgIpc) is 3.30. The van der Waals surface area contributed by atoms with Gasteiger partial charge in [-0.05, 0) is 43.0 Å². The zero-order chi connectivity index (χ0) is 22.9. The van der Waals surface area contributed by atoms with Gasteiger partial charge >= 0.3 is 0 Å². The predicted octanol–water partition coefficient (Wildman–Crippen LogP) is 2.56. The van der Waals surface area contributed by atoms with Gasteiger partial charge in [0.05, 0.1) is 12.1 Å². The van der Waals surface area contributed by atoms with Crippen molar-refractivity contribution in [2.24, 2.45) is 23.5 Å². The largest absolute Gasteiger partial charge is 0.392 e. The molecule has 2 fully saturated rings. The molecule has 4 unspecified atom stereocenters. The first kappa shape index (κ1) is 21.9. The Hall–Kier alpha value is -2.92. The minimum atomic E-state index is -0.258. The highest BCUT2D eigenvalue weighted by Gasteiger charge is 2.54. The number of rotatable bonds is 7. The van der Waals surface area contributed by atoms with Crippen LogP contribution < -0.4 is 5.73 Å². The fraction of sp³-hybridized carbons (Fsp3) is 0.462. The highest BCUT2D eigenvalue weighted by molar-refractivity contribution is 5.59. The molecular formula is C26H31N5O2. The van der Waals surface area contributed by atoms with Crippen LogP contribution in [0.3, 0.4) is 0 Å². The third-order valence-electron chi connectivity index (χ3n) is 6.84. The molecule has 2 aromatic heterocycles. The summed E-state index contributed by atoms with van der Waals surface area (Å²) in [5, 5.41) is 13.8. The molecule has 33 heavy (non-hydrogen) atoms. The predicted molar refractivity (Wildman–Crippen MR) is 126 cm³/mol. The molecule has 7 heteroatoms. The van der Waals surface area contributed by atoms with Gasteiger partial charge in [0, 0.05) is 68.1 Å². The molecule has 0 spiro atoms. The first-order chi connectivity index (χ1) is 16.1. The number of hydrogen-bond donors (Lipinski definition) is 2. The van der Waals surface area contributed by atoms with Gasteiger partial charge in [-0.1, -0.05) is 23.9 Å². The van der Waals surface area contributed by atoms with Gasteiger partial charge in [0.15, 0.2) is 5.76 Å². The summed E-state index contributed by atoms with van der Waals surface area (Å²) >= 11 is 0. The van der Waals surface area contributed by atoms with Crippen molar-refractivity contribution in [1.82, 2.24) is 19.6 Å². The van der Waals surface area contributed by atoms with E-state index >= 15 is 0 Å². The average molecular weight is 446 g/mol. The number of aliphatic hydroxyl groups excluding tert-OH is 1. The zero-order valence-electron chi connectivity index (χ0n) is 19.2. The molecule has 3 aromatic rings. The van der Waals surface area contributed by atoms with Crippen LogP contribution in [0.15, 0.2) is 47.2 Å². The van der Waals surface area contributed by atoms with Crippen molar-refractivity contribution in [3.8, 4) is 23.2 Å². The first-order valence-corrected chi connectivity index (χ1v) is 11.8. The molecule has 4 atom stereocenters. The fourth-order valence-electron chi connectivity index (χ4n) is 5.10. The Morgan fingerprint density at radius 3 is 2.67 bits per heavy atom. The SMILES string of the molecule is CCc1nccn1C(CN)c1cc(-c2ccc(C#CC3C4CN(CC(C)O)CC34)cc2)on1. The van der Waals surface area contributed by atoms with Gasteiger partial charge in [-0.2, -0.15) is 0 Å². The summed E-state index contributed by atoms with van der Waals surface area (Å²) in [6.07, 6.45) is 4.31. The second kappa shape index (κ2) is 9.14. The Balaban J connectivity index is 1.23. The van der Waals surface area contributed by atoms with Crippen molar-refractivity contribution in [1.29, 1.82) is 0 Å². The molecule has 1 aliphatic heterocycles. The normalized spacial score (nSPS) is 23.6. The van der Waals surface area contributed by atoms with Crippen molar-refractivity contribution >= 4 is 0 Å². The smallest absolute Gasteiger partial charge is 0.167 e. The van der Waals surface area contributed by atoms with E-state index in [1.807, 2.05) is 43.5 Å². The third kappa shape index (κ3) is 4.47. The number of benzene rings is 1. The summed E-state index contributed by atoms with van der Waals surface area (Å²) in [6, 6.07) is 9.99. The molecule has 1 aromatic carbocycles. The number of piperidine rings is 1. The van der Waals surface area contributed by atoms with Gasteiger partial charge in [0.2, 0.25) is 0 Å². The quantitative estimate of drug-likeness (QED) is 0.543. The van der Waals surface area contributed by atoms with Crippen molar-refractivity contribution in [2.75, 3.05) is 26.2 Å². The lowest BCUT2D eigenvalue weighted by molar-refractivity contribution is 0.132. The van der Waals surface area contributed by atoms with Crippen LogP contribution in [0.5, 0.6) is 0 Å². The third-order valence-corrected chi connectivity index (χ3v) is 6.84. The lowest BCUT2D eigenvalue weighted by atomic mass is 10.1. The molecule has 3 N–H and O–H groups in total. The number of aliphatic hydroxyl groups is 1. The monoisotopic (exact) mass is 445 g/mol. The van der Waals surface area contributed by atoms with E-state index < -0.39 is 0 Å². The lowest BCUT2D eigenvalue weighted by Gasteiger charge is -2.19. The van der Waals surface area contributed by atoms with E-state index in [4.69, 9.17) is 10.3 Å². The Morgan fingerprint density at radius 2 is 2.00 bits per heavy atom. The number of nitrogens with two attached hydrogens (primary N) is 1. The van der Waals surface area contributed by atoms with Crippen LogP contribution in [0.4, 0.5) is 0 Å². The number of hydrogen-bond acceptors (Lipinski definition) is 6. The summed E-state index contributed by atoms with van der Waals surface area (Å²) in [5.74, 6) is 10.3. The van der Waals surface area contributed by atoms with Gasteiger partial charge < -0.3 is 24.8 Å². The summed E-state index contributed by atoms with van der Waals surface area (Å²) in [6.45, 7) is 7.24. The summed E-state index contributed by atoms with van der Waals surface area (Å²) < 4.78 is 7.71. The van der Waals surface area contributed by atoms with Crippen LogP contribution in [0, 0.1) is 29.6 Å². The van der Waals surface area contributed by atoms with Crippen LogP contribution in [0.1, 0.15) is 37.0 Å². The molecule has 0 amide bonds. The van der Waals surface area contributed by atoms with Gasteiger partial charge in [0.25, 0.3) is 0 Å². The van der Waals surface area contributed by atoms with E-state index in [1.54, 1.807) is 6.20 Å². The molecule has 1 saturated carbocycles. The number of imidazole rings is 1. The summed E-state index contributed by atoms with van der Waals surface area (Å²) in [7, 11) is 0. The molecule has 1 aliphatic carbocycles. The van der Waals surface area contributed by atoms with Gasteiger partial charge in [0.1, 0.15) is 11.5 Å². The van der Waals surface area contributed by atoms with Crippen LogP contribution >= 0.6 is 0 Å². The second-order valence-electron chi connectivity index (χ2n) is 9.24. The van der Waals surface area contributed by atoms with E-state index in [0.29, 0.717) is 24.3 Å². The van der Waals surface area contributed by atoms with E-state index in [-0.39, 0.29) is 12.1 Å².